The second-order valence-electron chi connectivity index (χ2n) is 6.57. The molecule has 1 heterocycles. The number of benzene rings is 3. The molecule has 0 unspecified atom stereocenters. The molecular weight excluding hydrogens is 346 g/mol. The maximum absolute atomic E-state index is 8.98. The number of nitrogens with one attached hydrogen (secondary N) is 1. The van der Waals surface area contributed by atoms with Gasteiger partial charge in [-0.2, -0.15) is 0 Å². The molecule has 0 fully saturated rings. The van der Waals surface area contributed by atoms with E-state index in [4.69, 9.17) is 5.11 Å². The van der Waals surface area contributed by atoms with E-state index in [9.17, 15) is 0 Å². The Morgan fingerprint density at radius 2 is 1.64 bits per heavy atom. The fraction of sp³-hybridized carbons (Fsp3) is 0.0833. The molecule has 4 rings (SSSR count). The van der Waals surface area contributed by atoms with Crippen molar-refractivity contribution in [1.29, 1.82) is 0 Å². The first-order chi connectivity index (χ1) is 13.8. The van der Waals surface area contributed by atoms with Gasteiger partial charge in [0.2, 0.25) is 0 Å². The van der Waals surface area contributed by atoms with Gasteiger partial charge < -0.3 is 10.4 Å². The number of hydrogen-bond acceptors (Lipinski definition) is 4. The van der Waals surface area contributed by atoms with Crippen LogP contribution in [0.25, 0.3) is 17.0 Å². The number of aliphatic hydroxyl groups excluding tert-OH is 1. The molecule has 0 atom stereocenters. The van der Waals surface area contributed by atoms with E-state index in [1.807, 2.05) is 30.3 Å². The first-order valence-electron chi connectivity index (χ1n) is 9.24. The maximum atomic E-state index is 8.98. The number of fused-ring (bicyclic) bond motifs is 1. The molecule has 138 valence electrons. The highest BCUT2D eigenvalue weighted by molar-refractivity contribution is 5.92. The minimum absolute atomic E-state index is 0.0176. The number of hydrogen-bond donors (Lipinski definition) is 2. The van der Waals surface area contributed by atoms with Crippen LogP contribution in [0.1, 0.15) is 16.7 Å². The molecule has 0 amide bonds. The van der Waals surface area contributed by atoms with Gasteiger partial charge in [-0.3, -0.25) is 0 Å². The topological polar surface area (TPSA) is 58.0 Å². The molecule has 2 N–H and O–H groups in total. The summed E-state index contributed by atoms with van der Waals surface area (Å²) < 4.78 is 0. The fourth-order valence-corrected chi connectivity index (χ4v) is 3.14. The second kappa shape index (κ2) is 8.46. The maximum Gasteiger partial charge on any atom is 0.141 e. The molecular formula is C24H21N3O. The zero-order valence-electron chi connectivity index (χ0n) is 15.4. The van der Waals surface area contributed by atoms with Gasteiger partial charge in [-0.05, 0) is 47.4 Å². The van der Waals surface area contributed by atoms with Crippen molar-refractivity contribution in [2.45, 2.75) is 6.42 Å². The summed E-state index contributed by atoms with van der Waals surface area (Å²) in [5, 5.41) is 13.3. The van der Waals surface area contributed by atoms with Crippen LogP contribution in [0.4, 0.5) is 11.5 Å². The highest BCUT2D eigenvalue weighted by Gasteiger charge is 2.05. The number of nitrogens with zero attached hydrogens (tertiary/aromatic N) is 2. The van der Waals surface area contributed by atoms with Crippen molar-refractivity contribution in [3.63, 3.8) is 0 Å². The highest BCUT2D eigenvalue weighted by atomic mass is 16.2. The molecule has 3 aromatic carbocycles. The van der Waals surface area contributed by atoms with Crippen molar-refractivity contribution in [3.05, 3.63) is 102 Å². The van der Waals surface area contributed by atoms with Crippen molar-refractivity contribution < 1.29 is 5.11 Å². The summed E-state index contributed by atoms with van der Waals surface area (Å²) in [6, 6.07) is 24.8. The number of aliphatic hydroxyl groups is 1. The van der Waals surface area contributed by atoms with Crippen molar-refractivity contribution >= 4 is 28.5 Å². The van der Waals surface area contributed by atoms with E-state index in [0.717, 1.165) is 34.4 Å². The molecule has 0 radical (unpaired) electrons. The van der Waals surface area contributed by atoms with Crippen molar-refractivity contribution in [2.24, 2.45) is 0 Å². The smallest absolute Gasteiger partial charge is 0.141 e. The van der Waals surface area contributed by atoms with Crippen LogP contribution < -0.4 is 5.32 Å². The normalized spacial score (nSPS) is 11.2. The molecule has 0 aliphatic carbocycles. The van der Waals surface area contributed by atoms with E-state index in [0.29, 0.717) is 0 Å². The lowest BCUT2D eigenvalue weighted by atomic mass is 10.0. The first-order valence-corrected chi connectivity index (χ1v) is 9.24. The fourth-order valence-electron chi connectivity index (χ4n) is 3.14. The van der Waals surface area contributed by atoms with Crippen LogP contribution in [0.2, 0.25) is 0 Å². The number of aromatic nitrogens is 2. The van der Waals surface area contributed by atoms with Gasteiger partial charge >= 0.3 is 0 Å². The minimum Gasteiger partial charge on any atom is -0.392 e. The molecule has 4 heteroatoms. The summed E-state index contributed by atoms with van der Waals surface area (Å²) in [4.78, 5) is 8.76. The van der Waals surface area contributed by atoms with Gasteiger partial charge in [0, 0.05) is 11.1 Å². The lowest BCUT2D eigenvalue weighted by Crippen LogP contribution is -1.97. The predicted octanol–water partition coefficient (Wildman–Crippen LogP) is 4.97. The molecule has 28 heavy (non-hydrogen) atoms. The largest absolute Gasteiger partial charge is 0.392 e. The van der Waals surface area contributed by atoms with Gasteiger partial charge in [0.1, 0.15) is 12.1 Å². The molecule has 0 aliphatic rings. The van der Waals surface area contributed by atoms with Crippen LogP contribution >= 0.6 is 0 Å². The molecule has 1 aromatic heterocycles. The standard InChI is InChI=1S/C24H21N3O/c28-14-4-7-19-10-13-23-22(16-19)24(26-17-25-23)27-21-11-8-20(9-12-21)15-18-5-2-1-3-6-18/h1-13,16-17,28H,14-15H2,(H,25,26,27). The second-order valence-corrected chi connectivity index (χ2v) is 6.57. The first kappa shape index (κ1) is 17.9. The Balaban J connectivity index is 1.56. The van der Waals surface area contributed by atoms with Crippen molar-refractivity contribution in [1.82, 2.24) is 9.97 Å². The van der Waals surface area contributed by atoms with Gasteiger partial charge in [-0.15, -0.1) is 0 Å². The van der Waals surface area contributed by atoms with Gasteiger partial charge in [-0.25, -0.2) is 9.97 Å². The van der Waals surface area contributed by atoms with Crippen LogP contribution in [0.15, 0.2) is 85.2 Å². The zero-order chi connectivity index (χ0) is 19.2. The van der Waals surface area contributed by atoms with E-state index in [2.05, 4.69) is 63.8 Å². The van der Waals surface area contributed by atoms with Crippen LogP contribution in [-0.2, 0) is 6.42 Å². The predicted molar refractivity (Wildman–Crippen MR) is 115 cm³/mol. The Morgan fingerprint density at radius 3 is 2.43 bits per heavy atom. The van der Waals surface area contributed by atoms with Gasteiger partial charge in [0.25, 0.3) is 0 Å². The average molecular weight is 367 g/mol. The SMILES string of the molecule is OCC=Cc1ccc2ncnc(Nc3ccc(Cc4ccccc4)cc3)c2c1. The van der Waals surface area contributed by atoms with E-state index in [-0.39, 0.29) is 6.61 Å². The van der Waals surface area contributed by atoms with Crippen molar-refractivity contribution in [3.8, 4) is 0 Å². The molecule has 0 saturated carbocycles. The van der Waals surface area contributed by atoms with Crippen LogP contribution in [0.5, 0.6) is 0 Å². The Kier molecular flexibility index (Phi) is 5.41. The summed E-state index contributed by atoms with van der Waals surface area (Å²) in [6.07, 6.45) is 6.08. The molecule has 4 aromatic rings. The van der Waals surface area contributed by atoms with E-state index >= 15 is 0 Å². The average Bonchev–Trinajstić information content (AvgIpc) is 2.75. The summed E-state index contributed by atoms with van der Waals surface area (Å²) in [5.41, 5.74) is 5.42. The Labute approximate surface area is 164 Å². The van der Waals surface area contributed by atoms with Crippen LogP contribution in [0, 0.1) is 0 Å². The van der Waals surface area contributed by atoms with Gasteiger partial charge in [-0.1, -0.05) is 60.7 Å². The molecule has 4 nitrogen and oxygen atoms in total. The minimum atomic E-state index is 0.0176. The Hall–Kier alpha value is -3.50. The third kappa shape index (κ3) is 4.24. The lowest BCUT2D eigenvalue weighted by Gasteiger charge is -2.10. The number of anilines is 2. The monoisotopic (exact) mass is 367 g/mol. The van der Waals surface area contributed by atoms with E-state index in [1.54, 1.807) is 12.4 Å². The zero-order valence-corrected chi connectivity index (χ0v) is 15.4. The summed E-state index contributed by atoms with van der Waals surface area (Å²) in [5.74, 6) is 0.764. The van der Waals surface area contributed by atoms with Crippen LogP contribution in [0.3, 0.4) is 0 Å². The van der Waals surface area contributed by atoms with Gasteiger partial charge in [0.05, 0.1) is 12.1 Å². The van der Waals surface area contributed by atoms with Gasteiger partial charge in [0.15, 0.2) is 0 Å². The summed E-state index contributed by atoms with van der Waals surface area (Å²) in [6.45, 7) is 0.0176. The molecule has 0 aliphatic heterocycles. The Bertz CT molecular complexity index is 1090. The number of rotatable bonds is 6. The summed E-state index contributed by atoms with van der Waals surface area (Å²) in [7, 11) is 0. The van der Waals surface area contributed by atoms with E-state index < -0.39 is 0 Å². The Morgan fingerprint density at radius 1 is 0.857 bits per heavy atom. The van der Waals surface area contributed by atoms with Crippen molar-refractivity contribution in [2.75, 3.05) is 11.9 Å². The summed E-state index contributed by atoms with van der Waals surface area (Å²) >= 11 is 0. The highest BCUT2D eigenvalue weighted by Crippen LogP contribution is 2.25. The molecule has 0 spiro atoms. The third-order valence-electron chi connectivity index (χ3n) is 4.54. The quantitative estimate of drug-likeness (QED) is 0.505. The third-order valence-corrected chi connectivity index (χ3v) is 4.54. The lowest BCUT2D eigenvalue weighted by molar-refractivity contribution is 0.343. The van der Waals surface area contributed by atoms with E-state index in [1.165, 1.54) is 11.1 Å². The van der Waals surface area contributed by atoms with Crippen LogP contribution in [-0.4, -0.2) is 21.7 Å². The molecule has 0 saturated heterocycles. The molecule has 0 bridgehead atoms.